The van der Waals surface area contributed by atoms with Crippen molar-refractivity contribution in [2.75, 3.05) is 6.54 Å². The summed E-state index contributed by atoms with van der Waals surface area (Å²) in [6.45, 7) is 5.01. The molecule has 0 aliphatic carbocycles. The first-order valence-corrected chi connectivity index (χ1v) is 7.18. The van der Waals surface area contributed by atoms with E-state index in [0.29, 0.717) is 12.5 Å². The molecule has 19 heavy (non-hydrogen) atoms. The van der Waals surface area contributed by atoms with E-state index in [4.69, 9.17) is 12.2 Å². The minimum atomic E-state index is 0.140. The van der Waals surface area contributed by atoms with E-state index in [1.54, 1.807) is 0 Å². The van der Waals surface area contributed by atoms with Gasteiger partial charge in [0.15, 0.2) is 0 Å². The third-order valence-electron chi connectivity index (χ3n) is 3.51. The normalized spacial score (nSPS) is 15.5. The Morgan fingerprint density at radius 2 is 2.00 bits per heavy atom. The molecule has 0 bridgehead atoms. The van der Waals surface area contributed by atoms with Gasteiger partial charge in [0.25, 0.3) is 0 Å². The molecular formula is C17H26N2. The maximum atomic E-state index is 5.87. The van der Waals surface area contributed by atoms with Gasteiger partial charge in [0.05, 0.1) is 6.04 Å². The summed E-state index contributed by atoms with van der Waals surface area (Å²) in [5, 5.41) is 3.49. The molecule has 2 nitrogen and oxygen atoms in total. The van der Waals surface area contributed by atoms with Crippen molar-refractivity contribution in [3.05, 3.63) is 35.9 Å². The summed E-state index contributed by atoms with van der Waals surface area (Å²) in [4.78, 5) is 0. The lowest BCUT2D eigenvalue weighted by molar-refractivity contribution is 0.419. The highest BCUT2D eigenvalue weighted by molar-refractivity contribution is 5.19. The van der Waals surface area contributed by atoms with Gasteiger partial charge < -0.3 is 5.73 Å². The maximum absolute atomic E-state index is 5.87. The van der Waals surface area contributed by atoms with E-state index in [-0.39, 0.29) is 12.1 Å². The van der Waals surface area contributed by atoms with Gasteiger partial charge >= 0.3 is 0 Å². The molecule has 0 aliphatic rings. The van der Waals surface area contributed by atoms with Gasteiger partial charge in [-0.2, -0.15) is 0 Å². The van der Waals surface area contributed by atoms with Crippen LogP contribution in [0.25, 0.3) is 0 Å². The van der Waals surface area contributed by atoms with Crippen LogP contribution in [-0.2, 0) is 0 Å². The van der Waals surface area contributed by atoms with Crippen molar-refractivity contribution in [2.45, 2.75) is 51.1 Å². The van der Waals surface area contributed by atoms with E-state index in [0.717, 1.165) is 19.3 Å². The van der Waals surface area contributed by atoms with Gasteiger partial charge in [-0.15, -0.1) is 6.42 Å². The van der Waals surface area contributed by atoms with Gasteiger partial charge in [0.1, 0.15) is 0 Å². The second-order valence-electron chi connectivity index (χ2n) is 5.15. The van der Waals surface area contributed by atoms with Crippen LogP contribution in [0.5, 0.6) is 0 Å². The zero-order valence-corrected chi connectivity index (χ0v) is 12.1. The molecule has 3 N–H and O–H groups in total. The molecule has 0 amide bonds. The van der Waals surface area contributed by atoms with Crippen LogP contribution >= 0.6 is 0 Å². The fourth-order valence-electron chi connectivity index (χ4n) is 2.36. The molecule has 0 spiro atoms. The number of hydrogen-bond donors (Lipinski definition) is 2. The van der Waals surface area contributed by atoms with Gasteiger partial charge in [0.2, 0.25) is 0 Å². The molecule has 0 fully saturated rings. The van der Waals surface area contributed by atoms with E-state index in [1.807, 2.05) is 6.07 Å². The second kappa shape index (κ2) is 8.74. The fraction of sp³-hybridized carbons (Fsp3) is 0.529. The summed E-state index contributed by atoms with van der Waals surface area (Å²) in [6.07, 6.45) is 8.66. The lowest BCUT2D eigenvalue weighted by Crippen LogP contribution is -2.42. The lowest BCUT2D eigenvalue weighted by atomic mass is 9.93. The summed E-state index contributed by atoms with van der Waals surface area (Å²) in [5.41, 5.74) is 7.22. The molecule has 2 heteroatoms. The molecule has 104 valence electrons. The number of rotatable bonds is 8. The molecule has 1 rings (SSSR count). The summed E-state index contributed by atoms with van der Waals surface area (Å²) in [7, 11) is 0. The van der Waals surface area contributed by atoms with E-state index >= 15 is 0 Å². The van der Waals surface area contributed by atoms with Crippen molar-refractivity contribution in [1.82, 2.24) is 5.32 Å². The molecule has 3 atom stereocenters. The number of terminal acetylenes is 1. The third kappa shape index (κ3) is 5.46. The van der Waals surface area contributed by atoms with E-state index in [1.165, 1.54) is 5.56 Å². The minimum absolute atomic E-state index is 0.140. The van der Waals surface area contributed by atoms with Crippen molar-refractivity contribution < 1.29 is 0 Å². The van der Waals surface area contributed by atoms with Crippen molar-refractivity contribution >= 4 is 0 Å². The van der Waals surface area contributed by atoms with Crippen LogP contribution in [0, 0.1) is 12.3 Å². The maximum Gasteiger partial charge on any atom is 0.0689 e. The Bertz CT molecular complexity index is 380. The highest BCUT2D eigenvalue weighted by Gasteiger charge is 2.15. The Morgan fingerprint density at radius 1 is 1.32 bits per heavy atom. The molecule has 3 unspecified atom stereocenters. The molecule has 1 aromatic rings. The quantitative estimate of drug-likeness (QED) is 0.704. The van der Waals surface area contributed by atoms with Gasteiger partial charge in [-0.05, 0) is 24.3 Å². The fourth-order valence-corrected chi connectivity index (χ4v) is 2.36. The van der Waals surface area contributed by atoms with Crippen LogP contribution in [0.15, 0.2) is 30.3 Å². The molecule has 0 aromatic heterocycles. The SMILES string of the molecule is C#CC(CCC)NC(CN)CC(C)c1ccccc1. The highest BCUT2D eigenvalue weighted by Crippen LogP contribution is 2.20. The van der Waals surface area contributed by atoms with Crippen molar-refractivity contribution in [2.24, 2.45) is 5.73 Å². The Morgan fingerprint density at radius 3 is 2.53 bits per heavy atom. The predicted molar refractivity (Wildman–Crippen MR) is 83.0 cm³/mol. The molecule has 0 saturated carbocycles. The molecule has 0 saturated heterocycles. The Kier molecular flexibility index (Phi) is 7.25. The van der Waals surface area contributed by atoms with Crippen molar-refractivity contribution in [3.8, 4) is 12.3 Å². The summed E-state index contributed by atoms with van der Waals surface area (Å²) >= 11 is 0. The van der Waals surface area contributed by atoms with E-state index < -0.39 is 0 Å². The van der Waals surface area contributed by atoms with Crippen LogP contribution in [0.1, 0.15) is 44.6 Å². The zero-order valence-electron chi connectivity index (χ0n) is 12.1. The number of benzene rings is 1. The number of nitrogens with two attached hydrogens (primary N) is 1. The van der Waals surface area contributed by atoms with Crippen LogP contribution in [0.3, 0.4) is 0 Å². The third-order valence-corrected chi connectivity index (χ3v) is 3.51. The topological polar surface area (TPSA) is 38.0 Å². The van der Waals surface area contributed by atoms with Gasteiger partial charge in [-0.25, -0.2) is 0 Å². The van der Waals surface area contributed by atoms with Crippen molar-refractivity contribution in [3.63, 3.8) is 0 Å². The van der Waals surface area contributed by atoms with E-state index in [2.05, 4.69) is 49.4 Å². The lowest BCUT2D eigenvalue weighted by Gasteiger charge is -2.24. The first-order valence-electron chi connectivity index (χ1n) is 7.18. The molecular weight excluding hydrogens is 232 g/mol. The number of hydrogen-bond acceptors (Lipinski definition) is 2. The first kappa shape index (κ1) is 15.8. The summed E-state index contributed by atoms with van der Waals surface area (Å²) in [6, 6.07) is 11.0. The van der Waals surface area contributed by atoms with Gasteiger partial charge in [0, 0.05) is 12.6 Å². The molecule has 0 radical (unpaired) electrons. The monoisotopic (exact) mass is 258 g/mol. The van der Waals surface area contributed by atoms with Crippen LogP contribution < -0.4 is 11.1 Å². The Balaban J connectivity index is 2.54. The average molecular weight is 258 g/mol. The van der Waals surface area contributed by atoms with E-state index in [9.17, 15) is 0 Å². The van der Waals surface area contributed by atoms with Crippen LogP contribution in [-0.4, -0.2) is 18.6 Å². The average Bonchev–Trinajstić information content (AvgIpc) is 2.46. The zero-order chi connectivity index (χ0) is 14.1. The smallest absolute Gasteiger partial charge is 0.0689 e. The Hall–Kier alpha value is -1.30. The first-order chi connectivity index (χ1) is 9.21. The molecule has 0 aliphatic heterocycles. The van der Waals surface area contributed by atoms with Gasteiger partial charge in [-0.1, -0.05) is 56.5 Å². The largest absolute Gasteiger partial charge is 0.329 e. The summed E-state index contributed by atoms with van der Waals surface area (Å²) < 4.78 is 0. The highest BCUT2D eigenvalue weighted by atomic mass is 15.0. The standard InChI is InChI=1S/C17H26N2/c1-4-9-16(5-2)19-17(13-18)12-14(3)15-10-7-6-8-11-15/h2,6-8,10-11,14,16-17,19H,4,9,12-13,18H2,1,3H3. The van der Waals surface area contributed by atoms with Crippen molar-refractivity contribution in [1.29, 1.82) is 0 Å². The molecule has 1 aromatic carbocycles. The number of nitrogens with one attached hydrogen (secondary N) is 1. The predicted octanol–water partition coefficient (Wildman–Crippen LogP) is 2.90. The molecule has 0 heterocycles. The van der Waals surface area contributed by atoms with Gasteiger partial charge in [-0.3, -0.25) is 5.32 Å². The second-order valence-corrected chi connectivity index (χ2v) is 5.15. The van der Waals surface area contributed by atoms with Crippen LogP contribution in [0.2, 0.25) is 0 Å². The Labute approximate surface area is 117 Å². The summed E-state index contributed by atoms with van der Waals surface area (Å²) in [5.74, 6) is 3.30. The van der Waals surface area contributed by atoms with Crippen LogP contribution in [0.4, 0.5) is 0 Å². The minimum Gasteiger partial charge on any atom is -0.329 e.